The first-order chi connectivity index (χ1) is 26.8. The number of aryl methyl sites for hydroxylation is 1. The molecule has 0 unspecified atom stereocenters. The molecule has 7 aromatic carbocycles. The van der Waals surface area contributed by atoms with Gasteiger partial charge in [0.1, 0.15) is 0 Å². The van der Waals surface area contributed by atoms with Gasteiger partial charge in [-0.3, -0.25) is 0 Å². The first-order valence-electron chi connectivity index (χ1n) is 19.2. The summed E-state index contributed by atoms with van der Waals surface area (Å²) in [7, 11) is 0. The average molecular weight is 704 g/mol. The van der Waals surface area contributed by atoms with Crippen LogP contribution in [0.2, 0.25) is 0 Å². The van der Waals surface area contributed by atoms with Gasteiger partial charge in [-0.05, 0) is 140 Å². The largest absolute Gasteiger partial charge is 0.310 e. The van der Waals surface area contributed by atoms with Gasteiger partial charge in [0.2, 0.25) is 0 Å². The zero-order valence-corrected chi connectivity index (χ0v) is 31.7. The van der Waals surface area contributed by atoms with Crippen molar-refractivity contribution in [2.24, 2.45) is 0 Å². The van der Waals surface area contributed by atoms with E-state index in [9.17, 15) is 0 Å². The highest BCUT2D eigenvalue weighted by atomic mass is 15.1. The molecular weight excluding hydrogens is 663 g/mol. The Kier molecular flexibility index (Phi) is 7.32. The molecule has 0 N–H and O–H groups in total. The van der Waals surface area contributed by atoms with Crippen LogP contribution in [0.25, 0.3) is 39.0 Å². The molecule has 0 bridgehead atoms. The van der Waals surface area contributed by atoms with E-state index < -0.39 is 5.41 Å². The molecule has 0 saturated heterocycles. The molecule has 262 valence electrons. The summed E-state index contributed by atoms with van der Waals surface area (Å²) in [6.45, 7) is 8.98. The minimum atomic E-state index is -0.421. The number of hydrogen-bond acceptors (Lipinski definition) is 1. The van der Waals surface area contributed by atoms with E-state index in [-0.39, 0.29) is 5.41 Å². The molecule has 0 amide bonds. The smallest absolute Gasteiger partial charge is 0.0726 e. The Balaban J connectivity index is 1.20. The van der Waals surface area contributed by atoms with Gasteiger partial charge in [0, 0.05) is 22.5 Å². The molecular formula is C54H41N. The zero-order valence-electron chi connectivity index (χ0n) is 31.7. The van der Waals surface area contributed by atoms with Gasteiger partial charge in [0.15, 0.2) is 0 Å². The number of fused-ring (bicyclic) bond motifs is 11. The molecule has 1 spiro atoms. The van der Waals surface area contributed by atoms with Crippen LogP contribution in [0.1, 0.15) is 59.7 Å². The van der Waals surface area contributed by atoms with Crippen LogP contribution in [-0.2, 0) is 10.8 Å². The third-order valence-electron chi connectivity index (χ3n) is 12.5. The zero-order chi connectivity index (χ0) is 37.5. The quantitative estimate of drug-likeness (QED) is 0.161. The third kappa shape index (κ3) is 4.68. The predicted molar refractivity (Wildman–Crippen MR) is 231 cm³/mol. The Morgan fingerprint density at radius 3 is 1.49 bits per heavy atom. The van der Waals surface area contributed by atoms with Crippen LogP contribution in [0.5, 0.6) is 0 Å². The van der Waals surface area contributed by atoms with Crippen molar-refractivity contribution in [2.45, 2.75) is 38.5 Å². The molecule has 10 rings (SSSR count). The highest BCUT2D eigenvalue weighted by Gasteiger charge is 2.51. The Hall–Kier alpha value is -6.62. The summed E-state index contributed by atoms with van der Waals surface area (Å²) in [4.78, 5) is 2.45. The molecule has 3 aliphatic rings. The van der Waals surface area contributed by atoms with E-state index in [1.807, 2.05) is 6.08 Å². The van der Waals surface area contributed by atoms with Crippen LogP contribution in [0.3, 0.4) is 0 Å². The van der Waals surface area contributed by atoms with Crippen LogP contribution in [0.15, 0.2) is 175 Å². The highest BCUT2D eigenvalue weighted by molar-refractivity contribution is 5.96. The monoisotopic (exact) mass is 703 g/mol. The molecule has 0 radical (unpaired) electrons. The fourth-order valence-electron chi connectivity index (χ4n) is 9.96. The van der Waals surface area contributed by atoms with Crippen molar-refractivity contribution in [2.75, 3.05) is 4.90 Å². The Morgan fingerprint density at radius 2 is 0.945 bits per heavy atom. The fourth-order valence-corrected chi connectivity index (χ4v) is 9.96. The predicted octanol–water partition coefficient (Wildman–Crippen LogP) is 13.7. The molecule has 0 saturated carbocycles. The Morgan fingerprint density at radius 1 is 0.491 bits per heavy atom. The van der Waals surface area contributed by atoms with Crippen LogP contribution < -0.4 is 4.90 Å². The summed E-state index contributed by atoms with van der Waals surface area (Å²) in [5.41, 5.74) is 22.1. The van der Waals surface area contributed by atoms with Crippen molar-refractivity contribution in [3.8, 4) is 45.7 Å². The van der Waals surface area contributed by atoms with E-state index in [4.69, 9.17) is 6.42 Å². The van der Waals surface area contributed by atoms with Crippen LogP contribution in [-0.4, -0.2) is 0 Å². The van der Waals surface area contributed by atoms with E-state index in [1.54, 1.807) is 0 Å². The minimum absolute atomic E-state index is 0.204. The van der Waals surface area contributed by atoms with Gasteiger partial charge in [-0.1, -0.05) is 147 Å². The molecule has 1 heteroatoms. The van der Waals surface area contributed by atoms with Crippen LogP contribution in [0, 0.1) is 19.3 Å². The average Bonchev–Trinajstić information content (AvgIpc) is 3.75. The lowest BCUT2D eigenvalue weighted by molar-refractivity contribution is 0.654. The summed E-state index contributed by atoms with van der Waals surface area (Å²) >= 11 is 0. The lowest BCUT2D eigenvalue weighted by atomic mass is 9.70. The van der Waals surface area contributed by atoms with E-state index >= 15 is 0 Å². The number of terminal acetylenes is 1. The molecule has 0 atom stereocenters. The van der Waals surface area contributed by atoms with Crippen molar-refractivity contribution in [3.05, 3.63) is 214 Å². The first kappa shape index (κ1) is 33.0. The van der Waals surface area contributed by atoms with Gasteiger partial charge in [-0.2, -0.15) is 0 Å². The third-order valence-corrected chi connectivity index (χ3v) is 12.5. The topological polar surface area (TPSA) is 3.24 Å². The number of allylic oxidation sites excluding steroid dienone is 4. The Labute approximate surface area is 325 Å². The summed E-state index contributed by atoms with van der Waals surface area (Å²) in [5.74, 6) is 2.71. The van der Waals surface area contributed by atoms with Gasteiger partial charge in [0.25, 0.3) is 0 Å². The fraction of sp³-hybridized carbons (Fsp3) is 0.111. The maximum atomic E-state index is 5.69. The van der Waals surface area contributed by atoms with Gasteiger partial charge in [0.05, 0.1) is 5.41 Å². The number of anilines is 3. The van der Waals surface area contributed by atoms with E-state index in [2.05, 4.69) is 202 Å². The lowest BCUT2D eigenvalue weighted by Crippen LogP contribution is -2.26. The number of hydrogen-bond donors (Lipinski definition) is 0. The standard InChI is InChI=1S/C54H41N/c1-6-7-17-47-36(3)42-31-29-40(33-51(42)53(47,4)5)55(39-27-25-38(26-28-39)37-23-21-35(2)22-24-37)41-30-32-46-45-16-10-13-20-50(45)54(52(46)34-41)48-18-11-8-14-43(48)44-15-9-12-19-49(44)54/h1,7-34H,2-5H3/b17-7-. The van der Waals surface area contributed by atoms with Gasteiger partial charge >= 0.3 is 0 Å². The molecule has 55 heavy (non-hydrogen) atoms. The lowest BCUT2D eigenvalue weighted by Gasteiger charge is -2.32. The second-order valence-corrected chi connectivity index (χ2v) is 15.8. The molecule has 3 aliphatic carbocycles. The number of rotatable bonds is 5. The van der Waals surface area contributed by atoms with Crippen LogP contribution >= 0.6 is 0 Å². The van der Waals surface area contributed by atoms with Crippen LogP contribution in [0.4, 0.5) is 17.1 Å². The van der Waals surface area contributed by atoms with E-state index in [0.29, 0.717) is 0 Å². The molecule has 7 aromatic rings. The van der Waals surface area contributed by atoms with Crippen molar-refractivity contribution >= 4 is 22.6 Å². The number of benzene rings is 7. The molecule has 0 heterocycles. The van der Waals surface area contributed by atoms with Crippen molar-refractivity contribution < 1.29 is 0 Å². The summed E-state index contributed by atoms with van der Waals surface area (Å²) in [6.07, 6.45) is 9.63. The SMILES string of the molecule is C#C/C=C\C1=C(C)c2ccc(N(c3ccc(-c4ccc(C)cc4)cc3)c3ccc4c(c3)C3(c5ccccc5-c5ccccc53)c3ccccc3-4)cc2C1(C)C. The normalized spacial score (nSPS) is 15.0. The second kappa shape index (κ2) is 12.2. The maximum absolute atomic E-state index is 5.69. The van der Waals surface area contributed by atoms with Crippen molar-refractivity contribution in [1.82, 2.24) is 0 Å². The first-order valence-corrected chi connectivity index (χ1v) is 19.2. The molecule has 0 aromatic heterocycles. The van der Waals surface area contributed by atoms with Gasteiger partial charge in [-0.25, -0.2) is 0 Å². The molecule has 0 aliphatic heterocycles. The maximum Gasteiger partial charge on any atom is 0.0726 e. The van der Waals surface area contributed by atoms with Crippen molar-refractivity contribution in [1.29, 1.82) is 0 Å². The summed E-state index contributed by atoms with van der Waals surface area (Å²) < 4.78 is 0. The van der Waals surface area contributed by atoms with Gasteiger partial charge < -0.3 is 4.90 Å². The van der Waals surface area contributed by atoms with Crippen molar-refractivity contribution in [3.63, 3.8) is 0 Å². The second-order valence-electron chi connectivity index (χ2n) is 15.8. The molecule has 1 nitrogen and oxygen atoms in total. The number of nitrogens with zero attached hydrogens (tertiary/aromatic N) is 1. The Bertz CT molecular complexity index is 2740. The highest BCUT2D eigenvalue weighted by Crippen LogP contribution is 2.63. The van der Waals surface area contributed by atoms with E-state index in [1.165, 1.54) is 83.5 Å². The molecule has 0 fully saturated rings. The van der Waals surface area contributed by atoms with E-state index in [0.717, 1.165) is 17.1 Å². The summed E-state index contributed by atoms with van der Waals surface area (Å²) in [6, 6.07) is 59.1. The summed E-state index contributed by atoms with van der Waals surface area (Å²) in [5, 5.41) is 0. The van der Waals surface area contributed by atoms with Gasteiger partial charge in [-0.15, -0.1) is 6.42 Å². The minimum Gasteiger partial charge on any atom is -0.310 e.